The van der Waals surface area contributed by atoms with Gasteiger partial charge in [0.05, 0.1) is 6.54 Å². The lowest BCUT2D eigenvalue weighted by Gasteiger charge is -2.13. The molecule has 0 amide bonds. The number of phenolic OH excluding ortho intramolecular Hbond substituents is 1. The minimum Gasteiger partial charge on any atom is -0.508 e. The van der Waals surface area contributed by atoms with Crippen molar-refractivity contribution in [3.8, 4) is 5.75 Å². The summed E-state index contributed by atoms with van der Waals surface area (Å²) in [5, 5.41) is 9.29. The van der Waals surface area contributed by atoms with Gasteiger partial charge in [-0.1, -0.05) is 12.1 Å². The molecule has 0 saturated heterocycles. The van der Waals surface area contributed by atoms with Gasteiger partial charge in [-0.05, 0) is 17.7 Å². The number of aromatic hydroxyl groups is 1. The molecule has 0 fully saturated rings. The first kappa shape index (κ1) is 11.3. The Balaban J connectivity index is 2.78. The molecule has 0 saturated carbocycles. The normalized spacial score (nSPS) is 12.1. The maximum absolute atomic E-state index is 9.29. The number of benzene rings is 1. The van der Waals surface area contributed by atoms with Gasteiger partial charge >= 0.3 is 0 Å². The minimum atomic E-state index is -0.251. The Hall–Kier alpha value is -1.75. The second-order valence-corrected chi connectivity index (χ2v) is 3.08. The molecule has 0 aliphatic heterocycles. The minimum absolute atomic E-state index is 0.0252. The Labute approximate surface area is 88.4 Å². The summed E-state index contributed by atoms with van der Waals surface area (Å²) in [5.74, 6) is 0.219. The molecule has 5 N–H and O–H groups in total. The lowest BCUT2D eigenvalue weighted by molar-refractivity contribution is 0.111. The number of rotatable bonds is 4. The van der Waals surface area contributed by atoms with E-state index in [0.717, 1.165) is 5.56 Å². The van der Waals surface area contributed by atoms with Gasteiger partial charge in [0, 0.05) is 7.11 Å². The van der Waals surface area contributed by atoms with E-state index in [4.69, 9.17) is 16.2 Å². The van der Waals surface area contributed by atoms with Gasteiger partial charge in [0.15, 0.2) is 5.96 Å². The highest BCUT2D eigenvalue weighted by atomic mass is 16.5. The summed E-state index contributed by atoms with van der Waals surface area (Å²) in [5.41, 5.74) is 11.3. The van der Waals surface area contributed by atoms with Crippen molar-refractivity contribution in [1.29, 1.82) is 0 Å². The Morgan fingerprint density at radius 3 is 2.80 bits per heavy atom. The maximum Gasteiger partial charge on any atom is 0.186 e. The second-order valence-electron chi connectivity index (χ2n) is 3.08. The van der Waals surface area contributed by atoms with E-state index in [2.05, 4.69) is 4.99 Å². The fraction of sp³-hybridized carbons (Fsp3) is 0.300. The van der Waals surface area contributed by atoms with Crippen LogP contribution in [-0.4, -0.2) is 24.7 Å². The molecule has 5 heteroatoms. The molecule has 0 aliphatic carbocycles. The van der Waals surface area contributed by atoms with E-state index in [0.29, 0.717) is 6.54 Å². The topological polar surface area (TPSA) is 93.9 Å². The van der Waals surface area contributed by atoms with Crippen molar-refractivity contribution in [2.75, 3.05) is 13.7 Å². The van der Waals surface area contributed by atoms with Crippen LogP contribution in [0, 0.1) is 0 Å². The van der Waals surface area contributed by atoms with Crippen LogP contribution < -0.4 is 11.5 Å². The van der Waals surface area contributed by atoms with Crippen molar-refractivity contribution in [1.82, 2.24) is 0 Å². The molecule has 0 radical (unpaired) electrons. The van der Waals surface area contributed by atoms with E-state index >= 15 is 0 Å². The molecule has 15 heavy (non-hydrogen) atoms. The number of methoxy groups -OCH3 is 1. The van der Waals surface area contributed by atoms with Crippen LogP contribution in [-0.2, 0) is 4.74 Å². The first-order valence-electron chi connectivity index (χ1n) is 4.50. The molecule has 1 atom stereocenters. The monoisotopic (exact) mass is 209 g/mol. The summed E-state index contributed by atoms with van der Waals surface area (Å²) in [4.78, 5) is 3.87. The third-order valence-electron chi connectivity index (χ3n) is 1.97. The summed E-state index contributed by atoms with van der Waals surface area (Å²) >= 11 is 0. The molecule has 0 unspecified atom stereocenters. The van der Waals surface area contributed by atoms with E-state index < -0.39 is 0 Å². The zero-order valence-corrected chi connectivity index (χ0v) is 8.55. The summed E-state index contributed by atoms with van der Waals surface area (Å²) in [6, 6.07) is 6.80. The number of nitrogens with zero attached hydrogens (tertiary/aromatic N) is 1. The number of phenols is 1. The van der Waals surface area contributed by atoms with Crippen molar-refractivity contribution < 1.29 is 9.84 Å². The van der Waals surface area contributed by atoms with E-state index in [1.165, 1.54) is 0 Å². The smallest absolute Gasteiger partial charge is 0.186 e. The van der Waals surface area contributed by atoms with Gasteiger partial charge in [0.25, 0.3) is 0 Å². The van der Waals surface area contributed by atoms with Gasteiger partial charge in [0.1, 0.15) is 11.9 Å². The Kier molecular flexibility index (Phi) is 3.93. The molecule has 1 aromatic rings. The molecular formula is C10H15N3O2. The van der Waals surface area contributed by atoms with Crippen LogP contribution in [0.2, 0.25) is 0 Å². The standard InChI is InChI=1S/C10H15N3O2/c1-15-9(6-13-10(11)12)7-3-2-4-8(14)5-7/h2-5,9,14H,6H2,1H3,(H4,11,12,13)/t9-/m0/s1. The highest BCUT2D eigenvalue weighted by Gasteiger charge is 2.09. The fourth-order valence-electron chi connectivity index (χ4n) is 1.23. The number of aliphatic imine (C=N–C) groups is 1. The highest BCUT2D eigenvalue weighted by Crippen LogP contribution is 2.20. The average molecular weight is 209 g/mol. The molecule has 82 valence electrons. The SMILES string of the molecule is CO[C@@H](CN=C(N)N)c1cccc(O)c1. The number of ether oxygens (including phenoxy) is 1. The maximum atomic E-state index is 9.29. The van der Waals surface area contributed by atoms with Crippen LogP contribution in [0.4, 0.5) is 0 Å². The predicted octanol–water partition coefficient (Wildman–Crippen LogP) is 0.353. The molecule has 0 spiro atoms. The Morgan fingerprint density at radius 1 is 1.53 bits per heavy atom. The van der Waals surface area contributed by atoms with Crippen LogP contribution in [0.15, 0.2) is 29.3 Å². The molecule has 1 aromatic carbocycles. The third-order valence-corrected chi connectivity index (χ3v) is 1.97. The lowest BCUT2D eigenvalue weighted by Crippen LogP contribution is -2.24. The van der Waals surface area contributed by atoms with Gasteiger partial charge in [-0.25, -0.2) is 0 Å². The first-order valence-corrected chi connectivity index (χ1v) is 4.50. The molecule has 0 bridgehead atoms. The Bertz CT molecular complexity index is 348. The number of hydrogen-bond donors (Lipinski definition) is 3. The van der Waals surface area contributed by atoms with Crippen LogP contribution >= 0.6 is 0 Å². The van der Waals surface area contributed by atoms with Crippen LogP contribution in [0.1, 0.15) is 11.7 Å². The third kappa shape index (κ3) is 3.47. The molecule has 5 nitrogen and oxygen atoms in total. The fourth-order valence-corrected chi connectivity index (χ4v) is 1.23. The van der Waals surface area contributed by atoms with Gasteiger partial charge in [-0.3, -0.25) is 4.99 Å². The number of hydrogen-bond acceptors (Lipinski definition) is 3. The molecule has 0 aromatic heterocycles. The van der Waals surface area contributed by atoms with Gasteiger partial charge in [0.2, 0.25) is 0 Å². The highest BCUT2D eigenvalue weighted by molar-refractivity contribution is 5.75. The summed E-state index contributed by atoms with van der Waals surface area (Å²) in [7, 11) is 1.57. The first-order chi connectivity index (χ1) is 7.13. The summed E-state index contributed by atoms with van der Waals surface area (Å²) in [6.07, 6.45) is -0.251. The lowest BCUT2D eigenvalue weighted by atomic mass is 10.1. The zero-order valence-electron chi connectivity index (χ0n) is 8.55. The van der Waals surface area contributed by atoms with Crippen molar-refractivity contribution in [2.45, 2.75) is 6.10 Å². The van der Waals surface area contributed by atoms with E-state index in [-0.39, 0.29) is 17.8 Å². The van der Waals surface area contributed by atoms with Crippen molar-refractivity contribution in [3.63, 3.8) is 0 Å². The largest absolute Gasteiger partial charge is 0.508 e. The van der Waals surface area contributed by atoms with Crippen molar-refractivity contribution >= 4 is 5.96 Å². The van der Waals surface area contributed by atoms with E-state index in [1.807, 2.05) is 6.07 Å². The predicted molar refractivity (Wildman–Crippen MR) is 58.5 cm³/mol. The summed E-state index contributed by atoms with van der Waals surface area (Å²) in [6.45, 7) is 0.336. The average Bonchev–Trinajstić information content (AvgIpc) is 2.18. The summed E-state index contributed by atoms with van der Waals surface area (Å²) < 4.78 is 5.21. The van der Waals surface area contributed by atoms with E-state index in [1.54, 1.807) is 25.3 Å². The van der Waals surface area contributed by atoms with Crippen LogP contribution in [0.3, 0.4) is 0 Å². The van der Waals surface area contributed by atoms with Crippen molar-refractivity contribution in [3.05, 3.63) is 29.8 Å². The zero-order chi connectivity index (χ0) is 11.3. The molecule has 1 rings (SSSR count). The van der Waals surface area contributed by atoms with Gasteiger partial charge < -0.3 is 21.3 Å². The van der Waals surface area contributed by atoms with Crippen LogP contribution in [0.25, 0.3) is 0 Å². The van der Waals surface area contributed by atoms with Gasteiger partial charge in [-0.15, -0.1) is 0 Å². The quantitative estimate of drug-likeness (QED) is 0.492. The number of guanidine groups is 1. The molecule has 0 aliphatic rings. The Morgan fingerprint density at radius 2 is 2.27 bits per heavy atom. The molecular weight excluding hydrogens is 194 g/mol. The van der Waals surface area contributed by atoms with E-state index in [9.17, 15) is 5.11 Å². The molecule has 0 heterocycles. The van der Waals surface area contributed by atoms with Gasteiger partial charge in [-0.2, -0.15) is 0 Å². The number of nitrogens with two attached hydrogens (primary N) is 2. The second kappa shape index (κ2) is 5.21. The van der Waals surface area contributed by atoms with Crippen LogP contribution in [0.5, 0.6) is 5.75 Å². The van der Waals surface area contributed by atoms with Crippen molar-refractivity contribution in [2.24, 2.45) is 16.5 Å².